The van der Waals surface area contributed by atoms with Gasteiger partial charge in [-0.15, -0.1) is 0 Å². The normalized spacial score (nSPS) is 20.5. The Labute approximate surface area is 120 Å². The second-order valence-electron chi connectivity index (χ2n) is 5.16. The summed E-state index contributed by atoms with van der Waals surface area (Å²) < 4.78 is 11.5. The van der Waals surface area contributed by atoms with Gasteiger partial charge in [-0.2, -0.15) is 0 Å². The van der Waals surface area contributed by atoms with E-state index in [0.29, 0.717) is 18.0 Å². The van der Waals surface area contributed by atoms with Gasteiger partial charge in [0, 0.05) is 6.54 Å². The third-order valence-electron chi connectivity index (χ3n) is 3.43. The molecule has 1 aliphatic rings. The predicted molar refractivity (Wildman–Crippen MR) is 78.1 cm³/mol. The van der Waals surface area contributed by atoms with Crippen LogP contribution in [-0.4, -0.2) is 24.7 Å². The minimum atomic E-state index is -0.573. The highest BCUT2D eigenvalue weighted by molar-refractivity contribution is 5.82. The third-order valence-corrected chi connectivity index (χ3v) is 3.43. The lowest BCUT2D eigenvalue weighted by atomic mass is 10.1. The quantitative estimate of drug-likeness (QED) is 0.813. The molecule has 0 saturated heterocycles. The molecular weight excluding hydrogens is 254 g/mol. The summed E-state index contributed by atoms with van der Waals surface area (Å²) in [6.45, 7) is 4.73. The molecule has 1 aromatic rings. The standard InChI is InChI=1S/C16H23NO3/c1-3-4-5-8-11-17-16(18)15-12(2)19-13-9-6-7-10-14(13)20-15/h6-7,9-10,12,15H,3-5,8,11H2,1-2H3,(H,17,18). The first-order valence-electron chi connectivity index (χ1n) is 7.42. The fraction of sp³-hybridized carbons (Fsp3) is 0.562. The maximum atomic E-state index is 12.1. The first kappa shape index (κ1) is 14.7. The van der Waals surface area contributed by atoms with Crippen molar-refractivity contribution in [2.24, 2.45) is 0 Å². The molecule has 110 valence electrons. The van der Waals surface area contributed by atoms with Crippen molar-refractivity contribution in [2.75, 3.05) is 6.54 Å². The molecule has 0 bridgehead atoms. The van der Waals surface area contributed by atoms with E-state index in [2.05, 4.69) is 12.2 Å². The van der Waals surface area contributed by atoms with Gasteiger partial charge in [0.1, 0.15) is 6.10 Å². The molecule has 0 spiro atoms. The summed E-state index contributed by atoms with van der Waals surface area (Å²) in [4.78, 5) is 12.1. The summed E-state index contributed by atoms with van der Waals surface area (Å²) in [6.07, 6.45) is 3.72. The second-order valence-corrected chi connectivity index (χ2v) is 5.16. The average Bonchev–Trinajstić information content (AvgIpc) is 2.46. The Morgan fingerprint density at radius 2 is 1.85 bits per heavy atom. The Kier molecular flexibility index (Phi) is 5.27. The molecule has 0 radical (unpaired) electrons. The van der Waals surface area contributed by atoms with Crippen molar-refractivity contribution < 1.29 is 14.3 Å². The molecule has 20 heavy (non-hydrogen) atoms. The summed E-state index contributed by atoms with van der Waals surface area (Å²) >= 11 is 0. The lowest BCUT2D eigenvalue weighted by Crippen LogP contribution is -2.49. The largest absolute Gasteiger partial charge is 0.482 e. The molecule has 1 N–H and O–H groups in total. The SMILES string of the molecule is CCCCCCNC(=O)C1Oc2ccccc2OC1C. The van der Waals surface area contributed by atoms with E-state index < -0.39 is 6.10 Å². The predicted octanol–water partition coefficient (Wildman–Crippen LogP) is 2.91. The maximum absolute atomic E-state index is 12.1. The highest BCUT2D eigenvalue weighted by Crippen LogP contribution is 2.33. The number of nitrogens with one attached hydrogen (secondary N) is 1. The van der Waals surface area contributed by atoms with E-state index in [9.17, 15) is 4.79 Å². The summed E-state index contributed by atoms with van der Waals surface area (Å²) in [6, 6.07) is 7.44. The highest BCUT2D eigenvalue weighted by Gasteiger charge is 2.33. The van der Waals surface area contributed by atoms with Crippen LogP contribution in [0, 0.1) is 0 Å². The van der Waals surface area contributed by atoms with Crippen LogP contribution in [0.3, 0.4) is 0 Å². The van der Waals surface area contributed by atoms with Gasteiger partial charge in [0.05, 0.1) is 0 Å². The topological polar surface area (TPSA) is 47.6 Å². The Balaban J connectivity index is 1.85. The Bertz CT molecular complexity index is 447. The Hall–Kier alpha value is -1.71. The van der Waals surface area contributed by atoms with Crippen molar-refractivity contribution in [3.63, 3.8) is 0 Å². The molecule has 0 aromatic heterocycles. The zero-order valence-electron chi connectivity index (χ0n) is 12.2. The lowest BCUT2D eigenvalue weighted by Gasteiger charge is -2.31. The van der Waals surface area contributed by atoms with Gasteiger partial charge >= 0.3 is 0 Å². The summed E-state index contributed by atoms with van der Waals surface area (Å²) in [7, 11) is 0. The van der Waals surface area contributed by atoms with Crippen molar-refractivity contribution in [3.05, 3.63) is 24.3 Å². The van der Waals surface area contributed by atoms with Crippen molar-refractivity contribution >= 4 is 5.91 Å². The van der Waals surface area contributed by atoms with Crippen molar-refractivity contribution in [1.82, 2.24) is 5.32 Å². The number of rotatable bonds is 6. The number of amides is 1. The van der Waals surface area contributed by atoms with E-state index in [1.165, 1.54) is 12.8 Å². The fourth-order valence-electron chi connectivity index (χ4n) is 2.27. The van der Waals surface area contributed by atoms with E-state index >= 15 is 0 Å². The second kappa shape index (κ2) is 7.17. The minimum Gasteiger partial charge on any atom is -0.482 e. The third kappa shape index (κ3) is 3.65. The first-order chi connectivity index (χ1) is 9.72. The average molecular weight is 277 g/mol. The van der Waals surface area contributed by atoms with Crippen LogP contribution < -0.4 is 14.8 Å². The van der Waals surface area contributed by atoms with Crippen LogP contribution in [0.15, 0.2) is 24.3 Å². The van der Waals surface area contributed by atoms with E-state index in [4.69, 9.17) is 9.47 Å². The maximum Gasteiger partial charge on any atom is 0.265 e. The van der Waals surface area contributed by atoms with Gasteiger partial charge in [0.15, 0.2) is 11.5 Å². The van der Waals surface area contributed by atoms with Crippen LogP contribution in [-0.2, 0) is 4.79 Å². The smallest absolute Gasteiger partial charge is 0.265 e. The van der Waals surface area contributed by atoms with Crippen LogP contribution in [0.1, 0.15) is 39.5 Å². The zero-order chi connectivity index (χ0) is 14.4. The minimum absolute atomic E-state index is 0.0940. The van der Waals surface area contributed by atoms with Crippen LogP contribution in [0.2, 0.25) is 0 Å². The highest BCUT2D eigenvalue weighted by atomic mass is 16.6. The zero-order valence-corrected chi connectivity index (χ0v) is 12.2. The van der Waals surface area contributed by atoms with Crippen molar-refractivity contribution in [3.8, 4) is 11.5 Å². The fourth-order valence-corrected chi connectivity index (χ4v) is 2.27. The molecule has 1 amide bonds. The van der Waals surface area contributed by atoms with Gasteiger partial charge in [-0.1, -0.05) is 38.3 Å². The molecule has 1 heterocycles. The van der Waals surface area contributed by atoms with Crippen LogP contribution in [0.25, 0.3) is 0 Å². The number of hydrogen-bond acceptors (Lipinski definition) is 3. The number of carbonyl (C=O) groups is 1. The molecular formula is C16H23NO3. The molecule has 0 aliphatic carbocycles. The van der Waals surface area contributed by atoms with Gasteiger partial charge in [0.25, 0.3) is 5.91 Å². The molecule has 1 aliphatic heterocycles. The monoisotopic (exact) mass is 277 g/mol. The van der Waals surface area contributed by atoms with Gasteiger partial charge in [-0.05, 0) is 25.5 Å². The first-order valence-corrected chi connectivity index (χ1v) is 7.42. The molecule has 1 aromatic carbocycles. The van der Waals surface area contributed by atoms with Crippen molar-refractivity contribution in [1.29, 1.82) is 0 Å². The van der Waals surface area contributed by atoms with E-state index in [1.807, 2.05) is 31.2 Å². The summed E-state index contributed by atoms with van der Waals surface area (Å²) in [5.74, 6) is 1.24. The number of benzene rings is 1. The van der Waals surface area contributed by atoms with Gasteiger partial charge in [-0.3, -0.25) is 4.79 Å². The van der Waals surface area contributed by atoms with E-state index in [0.717, 1.165) is 12.8 Å². The summed E-state index contributed by atoms with van der Waals surface area (Å²) in [5, 5.41) is 2.93. The molecule has 2 rings (SSSR count). The number of para-hydroxylation sites is 2. The Morgan fingerprint density at radius 1 is 1.15 bits per heavy atom. The molecule has 0 saturated carbocycles. The Morgan fingerprint density at radius 3 is 2.55 bits per heavy atom. The molecule has 2 atom stereocenters. The van der Waals surface area contributed by atoms with Crippen LogP contribution in [0.5, 0.6) is 11.5 Å². The lowest BCUT2D eigenvalue weighted by molar-refractivity contribution is -0.133. The van der Waals surface area contributed by atoms with Gasteiger partial charge < -0.3 is 14.8 Å². The molecule has 4 heteroatoms. The number of unbranched alkanes of at least 4 members (excludes halogenated alkanes) is 3. The van der Waals surface area contributed by atoms with Crippen molar-refractivity contribution in [2.45, 2.75) is 51.7 Å². The molecule has 2 unspecified atom stereocenters. The number of carbonyl (C=O) groups excluding carboxylic acids is 1. The van der Waals surface area contributed by atoms with E-state index in [-0.39, 0.29) is 12.0 Å². The number of fused-ring (bicyclic) bond motifs is 1. The van der Waals surface area contributed by atoms with Gasteiger partial charge in [-0.25, -0.2) is 0 Å². The molecule has 0 fully saturated rings. The number of ether oxygens (including phenoxy) is 2. The van der Waals surface area contributed by atoms with Crippen LogP contribution >= 0.6 is 0 Å². The van der Waals surface area contributed by atoms with Gasteiger partial charge in [0.2, 0.25) is 6.10 Å². The molecule has 4 nitrogen and oxygen atoms in total. The van der Waals surface area contributed by atoms with E-state index in [1.54, 1.807) is 0 Å². The number of hydrogen-bond donors (Lipinski definition) is 1. The van der Waals surface area contributed by atoms with Crippen LogP contribution in [0.4, 0.5) is 0 Å². The summed E-state index contributed by atoms with van der Waals surface area (Å²) in [5.41, 5.74) is 0.